The van der Waals surface area contributed by atoms with Crippen molar-refractivity contribution in [1.29, 1.82) is 0 Å². The summed E-state index contributed by atoms with van der Waals surface area (Å²) in [6.07, 6.45) is 3.51. The van der Waals surface area contributed by atoms with Crippen molar-refractivity contribution in [3.63, 3.8) is 0 Å². The molecule has 0 fully saturated rings. The van der Waals surface area contributed by atoms with Crippen LogP contribution in [0.5, 0.6) is 0 Å². The second-order valence-electron chi connectivity index (χ2n) is 2.81. The van der Waals surface area contributed by atoms with Crippen molar-refractivity contribution < 1.29 is 4.79 Å². The van der Waals surface area contributed by atoms with Crippen LogP contribution in [0.25, 0.3) is 5.69 Å². The molecule has 0 aliphatic carbocycles. The van der Waals surface area contributed by atoms with Crippen LogP contribution in [0, 0.1) is 0 Å². The predicted octanol–water partition coefficient (Wildman–Crippen LogP) is 1.94. The van der Waals surface area contributed by atoms with Gasteiger partial charge in [0.05, 0.1) is 5.69 Å². The van der Waals surface area contributed by atoms with Crippen molar-refractivity contribution in [2.45, 2.75) is 0 Å². The van der Waals surface area contributed by atoms with Crippen LogP contribution in [0.2, 0.25) is 0 Å². The summed E-state index contributed by atoms with van der Waals surface area (Å²) < 4.78 is 1.69. The maximum atomic E-state index is 11.0. The number of thiol groups is 1. The molecular formula is C10H8N2OS. The lowest BCUT2D eigenvalue weighted by Gasteiger charge is -2.01. The second-order valence-corrected chi connectivity index (χ2v) is 3.21. The standard InChI is InChI=1S/C10H8N2OS/c13-10(14)8-3-1-4-9(7-8)12-6-2-5-11-12/h1-7H,(H,13,14). The van der Waals surface area contributed by atoms with E-state index in [-0.39, 0.29) is 5.12 Å². The van der Waals surface area contributed by atoms with E-state index in [2.05, 4.69) is 17.7 Å². The molecule has 4 heteroatoms. The Morgan fingerprint density at radius 1 is 1.36 bits per heavy atom. The number of carbonyl (C=O) groups excluding carboxylic acids is 1. The average Bonchev–Trinajstić information content (AvgIpc) is 2.71. The highest BCUT2D eigenvalue weighted by Gasteiger charge is 2.02. The topological polar surface area (TPSA) is 34.9 Å². The monoisotopic (exact) mass is 204 g/mol. The van der Waals surface area contributed by atoms with Gasteiger partial charge >= 0.3 is 0 Å². The average molecular weight is 204 g/mol. The highest BCUT2D eigenvalue weighted by Crippen LogP contribution is 2.10. The number of carbonyl (C=O) groups is 1. The molecule has 0 unspecified atom stereocenters. The molecular weight excluding hydrogens is 196 g/mol. The minimum atomic E-state index is -0.237. The van der Waals surface area contributed by atoms with Gasteiger partial charge in [-0.25, -0.2) is 4.68 Å². The van der Waals surface area contributed by atoms with Crippen molar-refractivity contribution in [3.05, 3.63) is 48.3 Å². The number of rotatable bonds is 2. The van der Waals surface area contributed by atoms with Crippen molar-refractivity contribution in [2.24, 2.45) is 0 Å². The van der Waals surface area contributed by atoms with Crippen LogP contribution in [0.15, 0.2) is 42.7 Å². The molecule has 0 aliphatic heterocycles. The molecule has 1 heterocycles. The fourth-order valence-corrected chi connectivity index (χ4v) is 1.34. The molecule has 0 radical (unpaired) electrons. The zero-order valence-electron chi connectivity index (χ0n) is 7.29. The molecule has 1 aromatic carbocycles. The number of benzene rings is 1. The first-order valence-corrected chi connectivity index (χ1v) is 4.55. The van der Waals surface area contributed by atoms with Gasteiger partial charge < -0.3 is 0 Å². The van der Waals surface area contributed by atoms with Gasteiger partial charge in [-0.2, -0.15) is 5.10 Å². The number of aromatic nitrogens is 2. The summed E-state index contributed by atoms with van der Waals surface area (Å²) >= 11 is 3.76. The van der Waals surface area contributed by atoms with E-state index in [1.807, 2.05) is 18.3 Å². The molecule has 0 spiro atoms. The highest BCUT2D eigenvalue weighted by atomic mass is 32.1. The largest absolute Gasteiger partial charge is 0.282 e. The lowest BCUT2D eigenvalue weighted by Crippen LogP contribution is -1.96. The van der Waals surface area contributed by atoms with Crippen LogP contribution in [-0.2, 0) is 0 Å². The first kappa shape index (κ1) is 9.02. The van der Waals surface area contributed by atoms with Gasteiger partial charge in [0.2, 0.25) is 5.12 Å². The van der Waals surface area contributed by atoms with Gasteiger partial charge in [0.15, 0.2) is 0 Å². The third-order valence-corrected chi connectivity index (χ3v) is 2.12. The number of hydrogen-bond donors (Lipinski definition) is 1. The van der Waals surface area contributed by atoms with Gasteiger partial charge in [0.25, 0.3) is 0 Å². The third kappa shape index (κ3) is 1.70. The molecule has 0 atom stereocenters. The normalized spacial score (nSPS) is 10.1. The van der Waals surface area contributed by atoms with Gasteiger partial charge in [-0.1, -0.05) is 12.1 Å². The Morgan fingerprint density at radius 2 is 2.21 bits per heavy atom. The molecule has 3 nitrogen and oxygen atoms in total. The first-order valence-electron chi connectivity index (χ1n) is 4.11. The smallest absolute Gasteiger partial charge is 0.216 e. The van der Waals surface area contributed by atoms with Crippen molar-refractivity contribution in [2.75, 3.05) is 0 Å². The van der Waals surface area contributed by atoms with Crippen molar-refractivity contribution in [3.8, 4) is 5.69 Å². The van der Waals surface area contributed by atoms with Crippen LogP contribution < -0.4 is 0 Å². The molecule has 2 rings (SSSR count). The summed E-state index contributed by atoms with van der Waals surface area (Å²) in [5, 5.41) is 3.83. The Kier molecular flexibility index (Phi) is 2.37. The van der Waals surface area contributed by atoms with E-state index in [0.717, 1.165) is 5.69 Å². The van der Waals surface area contributed by atoms with Gasteiger partial charge in [-0.05, 0) is 18.2 Å². The Hall–Kier alpha value is -1.55. The second kappa shape index (κ2) is 3.67. The van der Waals surface area contributed by atoms with Crippen LogP contribution in [0.1, 0.15) is 10.4 Å². The van der Waals surface area contributed by atoms with E-state index in [9.17, 15) is 4.79 Å². The molecule has 70 valence electrons. The summed E-state index contributed by atoms with van der Waals surface area (Å²) in [4.78, 5) is 11.0. The van der Waals surface area contributed by atoms with E-state index in [4.69, 9.17) is 0 Å². The summed E-state index contributed by atoms with van der Waals surface area (Å²) in [6.45, 7) is 0. The molecule has 2 aromatic rings. The van der Waals surface area contributed by atoms with Crippen LogP contribution in [-0.4, -0.2) is 14.9 Å². The van der Waals surface area contributed by atoms with Crippen LogP contribution in [0.3, 0.4) is 0 Å². The minimum Gasteiger partial charge on any atom is -0.282 e. The third-order valence-electron chi connectivity index (χ3n) is 1.86. The Morgan fingerprint density at radius 3 is 2.86 bits per heavy atom. The van der Waals surface area contributed by atoms with E-state index in [0.29, 0.717) is 5.56 Å². The van der Waals surface area contributed by atoms with Crippen LogP contribution in [0.4, 0.5) is 0 Å². The molecule has 0 saturated carbocycles. The molecule has 1 aromatic heterocycles. The summed E-state index contributed by atoms with van der Waals surface area (Å²) in [7, 11) is 0. The van der Waals surface area contributed by atoms with E-state index in [1.54, 1.807) is 29.1 Å². The maximum Gasteiger partial charge on any atom is 0.216 e. The summed E-state index contributed by atoms with van der Waals surface area (Å²) in [5.41, 5.74) is 1.43. The zero-order valence-corrected chi connectivity index (χ0v) is 8.19. The maximum absolute atomic E-state index is 11.0. The SMILES string of the molecule is O=C(S)c1cccc(-n2cccn2)c1. The van der Waals surface area contributed by atoms with Gasteiger partial charge in [-0.15, -0.1) is 12.6 Å². The van der Waals surface area contributed by atoms with Gasteiger partial charge in [-0.3, -0.25) is 4.79 Å². The molecule has 0 amide bonds. The fourth-order valence-electron chi connectivity index (χ4n) is 1.20. The quantitative estimate of drug-likeness (QED) is 0.759. The van der Waals surface area contributed by atoms with E-state index >= 15 is 0 Å². The molecule has 0 saturated heterocycles. The van der Waals surface area contributed by atoms with Crippen LogP contribution >= 0.6 is 12.6 Å². The first-order chi connectivity index (χ1) is 6.77. The summed E-state index contributed by atoms with van der Waals surface area (Å²) in [5.74, 6) is 0. The van der Waals surface area contributed by atoms with E-state index < -0.39 is 0 Å². The van der Waals surface area contributed by atoms with E-state index in [1.165, 1.54) is 0 Å². The Labute approximate surface area is 86.8 Å². The Balaban J connectivity index is 2.46. The van der Waals surface area contributed by atoms with Gasteiger partial charge in [0.1, 0.15) is 0 Å². The predicted molar refractivity (Wildman–Crippen MR) is 56.9 cm³/mol. The Bertz CT molecular complexity index is 451. The van der Waals surface area contributed by atoms with Crippen molar-refractivity contribution >= 4 is 17.7 Å². The van der Waals surface area contributed by atoms with Gasteiger partial charge in [0, 0.05) is 18.0 Å². The fraction of sp³-hybridized carbons (Fsp3) is 0. The van der Waals surface area contributed by atoms with Crippen molar-refractivity contribution in [1.82, 2.24) is 9.78 Å². The molecule has 0 bridgehead atoms. The zero-order chi connectivity index (χ0) is 9.97. The lowest BCUT2D eigenvalue weighted by molar-refractivity contribution is 0.109. The lowest BCUT2D eigenvalue weighted by atomic mass is 10.2. The minimum absolute atomic E-state index is 0.237. The molecule has 0 N–H and O–H groups in total. The number of hydrogen-bond acceptors (Lipinski definition) is 2. The number of nitrogens with zero attached hydrogens (tertiary/aromatic N) is 2. The molecule has 14 heavy (non-hydrogen) atoms. The summed E-state index contributed by atoms with van der Waals surface area (Å²) in [6, 6.07) is 8.99. The highest BCUT2D eigenvalue weighted by molar-refractivity contribution is 7.97. The molecule has 0 aliphatic rings.